The van der Waals surface area contributed by atoms with Crippen LogP contribution in [0.25, 0.3) is 0 Å². The van der Waals surface area contributed by atoms with Gasteiger partial charge in [-0.25, -0.2) is 0 Å². The van der Waals surface area contributed by atoms with Gasteiger partial charge in [0.05, 0.1) is 12.7 Å². The second-order valence-corrected chi connectivity index (χ2v) is 7.37. The van der Waals surface area contributed by atoms with Crippen LogP contribution in [0.2, 0.25) is 0 Å². The third-order valence-electron chi connectivity index (χ3n) is 4.93. The molecule has 2 fully saturated rings. The number of guanidine groups is 1. The van der Waals surface area contributed by atoms with Crippen LogP contribution in [0.15, 0.2) is 29.3 Å². The minimum atomic E-state index is 0.146. The molecule has 0 bridgehead atoms. The van der Waals surface area contributed by atoms with Crippen molar-refractivity contribution in [3.8, 4) is 0 Å². The molecule has 2 atom stereocenters. The van der Waals surface area contributed by atoms with Crippen molar-refractivity contribution in [2.24, 2.45) is 4.99 Å². The molecule has 0 aliphatic carbocycles. The molecular formula is C20H32N4O2. The van der Waals surface area contributed by atoms with Gasteiger partial charge in [0.15, 0.2) is 5.96 Å². The van der Waals surface area contributed by atoms with E-state index in [1.54, 1.807) is 0 Å². The first kappa shape index (κ1) is 19.1. The Labute approximate surface area is 157 Å². The van der Waals surface area contributed by atoms with Crippen LogP contribution >= 0.6 is 0 Å². The molecule has 2 aliphatic rings. The summed E-state index contributed by atoms with van der Waals surface area (Å²) in [5, 5.41) is 3.51. The van der Waals surface area contributed by atoms with E-state index in [1.807, 2.05) is 7.05 Å². The number of hydrogen-bond acceptors (Lipinski definition) is 4. The van der Waals surface area contributed by atoms with Crippen LogP contribution < -0.4 is 5.32 Å². The van der Waals surface area contributed by atoms with Gasteiger partial charge < -0.3 is 24.6 Å². The molecule has 26 heavy (non-hydrogen) atoms. The number of benzene rings is 1. The van der Waals surface area contributed by atoms with Crippen molar-refractivity contribution < 1.29 is 9.47 Å². The molecule has 2 saturated heterocycles. The highest BCUT2D eigenvalue weighted by Crippen LogP contribution is 2.21. The molecule has 0 saturated carbocycles. The lowest BCUT2D eigenvalue weighted by Gasteiger charge is -2.37. The fraction of sp³-hybridized carbons (Fsp3) is 0.650. The molecular weight excluding hydrogens is 328 g/mol. The number of ether oxygens (including phenoxy) is 2. The molecule has 0 aromatic heterocycles. The average Bonchev–Trinajstić information content (AvgIpc) is 3.17. The zero-order chi connectivity index (χ0) is 18.4. The SMILES string of the molecule is CN=C(NCc1cccc(CN(C)C)c1)N1CCOC(C2CCCO2)C1. The summed E-state index contributed by atoms with van der Waals surface area (Å²) in [6.45, 7) is 5.02. The third-order valence-corrected chi connectivity index (χ3v) is 4.93. The van der Waals surface area contributed by atoms with Crippen LogP contribution in [0.4, 0.5) is 0 Å². The summed E-state index contributed by atoms with van der Waals surface area (Å²) in [6.07, 6.45) is 2.62. The maximum atomic E-state index is 5.95. The summed E-state index contributed by atoms with van der Waals surface area (Å²) in [5.74, 6) is 0.939. The van der Waals surface area contributed by atoms with E-state index in [0.29, 0.717) is 0 Å². The Morgan fingerprint density at radius 2 is 2.04 bits per heavy atom. The summed E-state index contributed by atoms with van der Waals surface area (Å²) in [5.41, 5.74) is 2.60. The van der Waals surface area contributed by atoms with Crippen LogP contribution in [0, 0.1) is 0 Å². The van der Waals surface area contributed by atoms with Gasteiger partial charge in [-0.15, -0.1) is 0 Å². The Hall–Kier alpha value is -1.63. The minimum absolute atomic E-state index is 0.146. The summed E-state index contributed by atoms with van der Waals surface area (Å²) in [4.78, 5) is 8.96. The molecule has 0 amide bonds. The molecule has 1 aromatic carbocycles. The molecule has 2 aliphatic heterocycles. The van der Waals surface area contributed by atoms with Gasteiger partial charge in [-0.1, -0.05) is 24.3 Å². The normalized spacial score (nSPS) is 24.3. The van der Waals surface area contributed by atoms with Crippen LogP contribution in [-0.4, -0.2) is 75.4 Å². The second kappa shape index (κ2) is 9.35. The van der Waals surface area contributed by atoms with Gasteiger partial charge in [-0.3, -0.25) is 4.99 Å². The van der Waals surface area contributed by atoms with Gasteiger partial charge in [0.25, 0.3) is 0 Å². The summed E-state index contributed by atoms with van der Waals surface area (Å²) in [7, 11) is 6.03. The highest BCUT2D eigenvalue weighted by Gasteiger charge is 2.32. The predicted octanol–water partition coefficient (Wildman–Crippen LogP) is 1.70. The highest BCUT2D eigenvalue weighted by molar-refractivity contribution is 5.80. The van der Waals surface area contributed by atoms with E-state index in [1.165, 1.54) is 11.1 Å². The van der Waals surface area contributed by atoms with Crippen molar-refractivity contribution in [2.75, 3.05) is 47.4 Å². The van der Waals surface area contributed by atoms with Crippen molar-refractivity contribution in [3.05, 3.63) is 35.4 Å². The van der Waals surface area contributed by atoms with E-state index in [-0.39, 0.29) is 12.2 Å². The third kappa shape index (κ3) is 5.19. The standard InChI is InChI=1S/C20H32N4O2/c1-21-20(22-13-16-6-4-7-17(12-16)14-23(2)3)24-9-11-26-19(15-24)18-8-5-10-25-18/h4,6-7,12,18-19H,5,8-11,13-15H2,1-3H3,(H,21,22). The zero-order valence-corrected chi connectivity index (χ0v) is 16.3. The molecule has 144 valence electrons. The van der Waals surface area contributed by atoms with Gasteiger partial charge in [-0.2, -0.15) is 0 Å². The molecule has 1 N–H and O–H groups in total. The topological polar surface area (TPSA) is 49.3 Å². The van der Waals surface area contributed by atoms with E-state index in [4.69, 9.17) is 9.47 Å². The molecule has 6 nitrogen and oxygen atoms in total. The van der Waals surface area contributed by atoms with Crippen LogP contribution in [0.5, 0.6) is 0 Å². The lowest BCUT2D eigenvalue weighted by Crippen LogP contribution is -2.53. The van der Waals surface area contributed by atoms with Gasteiger partial charge in [0.2, 0.25) is 0 Å². The fourth-order valence-electron chi connectivity index (χ4n) is 3.71. The Kier molecular flexibility index (Phi) is 6.88. The molecule has 1 aromatic rings. The Morgan fingerprint density at radius 3 is 2.77 bits per heavy atom. The van der Waals surface area contributed by atoms with Crippen molar-refractivity contribution in [3.63, 3.8) is 0 Å². The highest BCUT2D eigenvalue weighted by atomic mass is 16.5. The number of morpholine rings is 1. The fourth-order valence-corrected chi connectivity index (χ4v) is 3.71. The summed E-state index contributed by atoms with van der Waals surface area (Å²) < 4.78 is 11.8. The van der Waals surface area contributed by atoms with Crippen molar-refractivity contribution in [2.45, 2.75) is 38.1 Å². The maximum absolute atomic E-state index is 5.95. The quantitative estimate of drug-likeness (QED) is 0.640. The van der Waals surface area contributed by atoms with Crippen LogP contribution in [0.1, 0.15) is 24.0 Å². The average molecular weight is 361 g/mol. The number of nitrogens with one attached hydrogen (secondary N) is 1. The lowest BCUT2D eigenvalue weighted by molar-refractivity contribution is -0.0817. The number of nitrogens with zero attached hydrogens (tertiary/aromatic N) is 3. The van der Waals surface area contributed by atoms with E-state index in [0.717, 1.165) is 58.2 Å². The number of aliphatic imine (C=N–C) groups is 1. The van der Waals surface area contributed by atoms with E-state index < -0.39 is 0 Å². The second-order valence-electron chi connectivity index (χ2n) is 7.37. The lowest BCUT2D eigenvalue weighted by atomic mass is 10.1. The van der Waals surface area contributed by atoms with E-state index in [2.05, 4.69) is 58.5 Å². The van der Waals surface area contributed by atoms with Gasteiger partial charge in [0, 0.05) is 39.8 Å². The maximum Gasteiger partial charge on any atom is 0.194 e. The largest absolute Gasteiger partial charge is 0.375 e. The van der Waals surface area contributed by atoms with Crippen molar-refractivity contribution in [1.82, 2.24) is 15.1 Å². The summed E-state index contributed by atoms with van der Waals surface area (Å²) >= 11 is 0. The van der Waals surface area contributed by atoms with Crippen LogP contribution in [0.3, 0.4) is 0 Å². The Balaban J connectivity index is 1.56. The van der Waals surface area contributed by atoms with Gasteiger partial charge in [-0.05, 0) is 38.1 Å². The first-order valence-corrected chi connectivity index (χ1v) is 9.57. The number of rotatable bonds is 5. The monoisotopic (exact) mass is 360 g/mol. The minimum Gasteiger partial charge on any atom is -0.375 e. The first-order chi connectivity index (χ1) is 12.7. The van der Waals surface area contributed by atoms with E-state index >= 15 is 0 Å². The Bertz CT molecular complexity index is 599. The van der Waals surface area contributed by atoms with Gasteiger partial charge in [0.1, 0.15) is 6.10 Å². The zero-order valence-electron chi connectivity index (χ0n) is 16.3. The van der Waals surface area contributed by atoms with Crippen LogP contribution in [-0.2, 0) is 22.6 Å². The molecule has 6 heteroatoms. The molecule has 0 radical (unpaired) electrons. The van der Waals surface area contributed by atoms with Crippen molar-refractivity contribution in [1.29, 1.82) is 0 Å². The molecule has 0 spiro atoms. The number of hydrogen-bond donors (Lipinski definition) is 1. The Morgan fingerprint density at radius 1 is 1.23 bits per heavy atom. The van der Waals surface area contributed by atoms with Gasteiger partial charge >= 0.3 is 0 Å². The first-order valence-electron chi connectivity index (χ1n) is 9.57. The smallest absolute Gasteiger partial charge is 0.194 e. The molecule has 2 unspecified atom stereocenters. The van der Waals surface area contributed by atoms with E-state index in [9.17, 15) is 0 Å². The molecule has 3 rings (SSSR count). The molecule has 2 heterocycles. The predicted molar refractivity (Wildman–Crippen MR) is 104 cm³/mol. The van der Waals surface area contributed by atoms with Crippen molar-refractivity contribution >= 4 is 5.96 Å². The summed E-state index contributed by atoms with van der Waals surface area (Å²) in [6, 6.07) is 8.72.